The van der Waals surface area contributed by atoms with E-state index in [1.165, 1.54) is 56.5 Å². The molecule has 2 heterocycles. The van der Waals surface area contributed by atoms with Crippen LogP contribution in [0.4, 0.5) is 0 Å². The van der Waals surface area contributed by atoms with Gasteiger partial charge in [0.25, 0.3) is 0 Å². The molecule has 148 valence electrons. The topological polar surface area (TPSA) is 39.7 Å². The molecule has 0 amide bonds. The Morgan fingerprint density at radius 3 is 2.54 bits per heavy atom. The molecule has 4 nitrogen and oxygen atoms in total. The minimum atomic E-state index is 0. The third-order valence-corrected chi connectivity index (χ3v) is 6.67. The number of likely N-dealkylation sites (tertiary alicyclic amines) is 1. The fourth-order valence-electron chi connectivity index (χ4n) is 4.01. The molecule has 2 N–H and O–H groups in total. The zero-order valence-corrected chi connectivity index (χ0v) is 19.4. The summed E-state index contributed by atoms with van der Waals surface area (Å²) in [5.74, 6) is 2.66. The van der Waals surface area contributed by atoms with E-state index >= 15 is 0 Å². The van der Waals surface area contributed by atoms with Crippen molar-refractivity contribution in [3.8, 4) is 0 Å². The Bertz CT molecular complexity index is 518. The molecule has 0 radical (unpaired) electrons. The minimum Gasteiger partial charge on any atom is -0.356 e. The van der Waals surface area contributed by atoms with Gasteiger partial charge in [0.1, 0.15) is 0 Å². The quantitative estimate of drug-likeness (QED) is 0.367. The number of nitrogens with one attached hydrogen (secondary N) is 2. The molecule has 0 aromatic carbocycles. The van der Waals surface area contributed by atoms with Crippen LogP contribution in [0.2, 0.25) is 0 Å². The fourth-order valence-corrected chi connectivity index (χ4v) is 4.75. The van der Waals surface area contributed by atoms with E-state index in [2.05, 4.69) is 45.0 Å². The molecule has 26 heavy (non-hydrogen) atoms. The molecule has 1 saturated carbocycles. The molecule has 6 heteroatoms. The number of rotatable bonds is 5. The summed E-state index contributed by atoms with van der Waals surface area (Å²) < 4.78 is 0. The van der Waals surface area contributed by atoms with Crippen molar-refractivity contribution in [2.45, 2.75) is 58.0 Å². The molecular weight excluding hydrogens is 455 g/mol. The number of guanidine groups is 1. The van der Waals surface area contributed by atoms with Gasteiger partial charge in [-0.3, -0.25) is 9.89 Å². The molecule has 1 aliphatic carbocycles. The van der Waals surface area contributed by atoms with Gasteiger partial charge in [-0.2, -0.15) is 0 Å². The van der Waals surface area contributed by atoms with Gasteiger partial charge in [0.05, 0.1) is 0 Å². The SMILES string of the molecule is CN=C(NCC1CCN(Cc2cccs2)CC1)NC1CCC(C)CC1.I. The van der Waals surface area contributed by atoms with Crippen molar-refractivity contribution in [1.82, 2.24) is 15.5 Å². The van der Waals surface area contributed by atoms with Crippen molar-refractivity contribution in [3.63, 3.8) is 0 Å². The van der Waals surface area contributed by atoms with E-state index in [-0.39, 0.29) is 24.0 Å². The van der Waals surface area contributed by atoms with Crippen molar-refractivity contribution in [2.24, 2.45) is 16.8 Å². The van der Waals surface area contributed by atoms with Crippen LogP contribution in [0.1, 0.15) is 50.3 Å². The summed E-state index contributed by atoms with van der Waals surface area (Å²) in [5.41, 5.74) is 0. The summed E-state index contributed by atoms with van der Waals surface area (Å²) in [4.78, 5) is 8.52. The number of hydrogen-bond acceptors (Lipinski definition) is 3. The molecule has 3 rings (SSSR count). The predicted octanol–water partition coefficient (Wildman–Crippen LogP) is 4.32. The van der Waals surface area contributed by atoms with Gasteiger partial charge in [0.15, 0.2) is 5.96 Å². The fraction of sp³-hybridized carbons (Fsp3) is 0.750. The summed E-state index contributed by atoms with van der Waals surface area (Å²) in [5, 5.41) is 9.39. The number of halogens is 1. The molecule has 0 bridgehead atoms. The summed E-state index contributed by atoms with van der Waals surface area (Å²) in [6.07, 6.45) is 7.83. The van der Waals surface area contributed by atoms with Gasteiger partial charge in [-0.05, 0) is 74.9 Å². The number of thiophene rings is 1. The summed E-state index contributed by atoms with van der Waals surface area (Å²) in [7, 11) is 1.89. The predicted molar refractivity (Wildman–Crippen MR) is 124 cm³/mol. The Balaban J connectivity index is 0.00000243. The van der Waals surface area contributed by atoms with Crippen LogP contribution in [0.5, 0.6) is 0 Å². The van der Waals surface area contributed by atoms with Crippen molar-refractivity contribution in [3.05, 3.63) is 22.4 Å². The first kappa shape index (κ1) is 22.0. The maximum Gasteiger partial charge on any atom is 0.191 e. The van der Waals surface area contributed by atoms with Gasteiger partial charge in [-0.25, -0.2) is 0 Å². The van der Waals surface area contributed by atoms with Crippen LogP contribution in [0.15, 0.2) is 22.5 Å². The van der Waals surface area contributed by atoms with E-state index in [1.807, 2.05) is 18.4 Å². The zero-order chi connectivity index (χ0) is 17.5. The highest BCUT2D eigenvalue weighted by molar-refractivity contribution is 14.0. The lowest BCUT2D eigenvalue weighted by molar-refractivity contribution is 0.179. The van der Waals surface area contributed by atoms with Crippen molar-refractivity contribution >= 4 is 41.3 Å². The smallest absolute Gasteiger partial charge is 0.191 e. The second-order valence-corrected chi connectivity index (χ2v) is 8.89. The third-order valence-electron chi connectivity index (χ3n) is 5.81. The molecule has 1 aromatic rings. The Labute approximate surface area is 180 Å². The van der Waals surface area contributed by atoms with E-state index in [0.29, 0.717) is 6.04 Å². The van der Waals surface area contributed by atoms with Crippen LogP contribution < -0.4 is 10.6 Å². The second-order valence-electron chi connectivity index (χ2n) is 7.85. The lowest BCUT2D eigenvalue weighted by Gasteiger charge is -2.32. The molecule has 0 spiro atoms. The van der Waals surface area contributed by atoms with Crippen LogP contribution in [0, 0.1) is 11.8 Å². The van der Waals surface area contributed by atoms with Gasteiger partial charge in [-0.1, -0.05) is 13.0 Å². The van der Waals surface area contributed by atoms with Gasteiger partial charge in [-0.15, -0.1) is 35.3 Å². The Morgan fingerprint density at radius 1 is 1.19 bits per heavy atom. The van der Waals surface area contributed by atoms with Crippen LogP contribution in [0.3, 0.4) is 0 Å². The van der Waals surface area contributed by atoms with Gasteiger partial charge < -0.3 is 10.6 Å². The molecule has 1 aliphatic heterocycles. The highest BCUT2D eigenvalue weighted by Gasteiger charge is 2.21. The Kier molecular flexibility index (Phi) is 9.70. The minimum absolute atomic E-state index is 0. The van der Waals surface area contributed by atoms with Crippen LogP contribution in [0.25, 0.3) is 0 Å². The normalized spacial score (nSPS) is 25.5. The first-order chi connectivity index (χ1) is 12.2. The molecule has 0 unspecified atom stereocenters. The molecule has 0 atom stereocenters. The summed E-state index contributed by atoms with van der Waals surface area (Å²) >= 11 is 1.87. The maximum atomic E-state index is 4.44. The number of hydrogen-bond donors (Lipinski definition) is 2. The highest BCUT2D eigenvalue weighted by atomic mass is 127. The van der Waals surface area contributed by atoms with Crippen molar-refractivity contribution in [2.75, 3.05) is 26.7 Å². The molecule has 1 aromatic heterocycles. The Hall–Kier alpha value is -0.340. The van der Waals surface area contributed by atoms with Crippen LogP contribution in [-0.4, -0.2) is 43.6 Å². The highest BCUT2D eigenvalue weighted by Crippen LogP contribution is 2.23. The lowest BCUT2D eigenvalue weighted by atomic mass is 9.87. The lowest BCUT2D eigenvalue weighted by Crippen LogP contribution is -2.47. The third kappa shape index (κ3) is 7.00. The van der Waals surface area contributed by atoms with E-state index in [4.69, 9.17) is 0 Å². The Morgan fingerprint density at radius 2 is 1.92 bits per heavy atom. The summed E-state index contributed by atoms with van der Waals surface area (Å²) in [6, 6.07) is 5.01. The van der Waals surface area contributed by atoms with E-state index < -0.39 is 0 Å². The molecule has 2 aliphatic rings. The van der Waals surface area contributed by atoms with Crippen LogP contribution >= 0.6 is 35.3 Å². The molecule has 2 fully saturated rings. The molecule has 1 saturated heterocycles. The first-order valence-electron chi connectivity index (χ1n) is 9.95. The second kappa shape index (κ2) is 11.5. The summed E-state index contributed by atoms with van der Waals surface area (Å²) in [6.45, 7) is 6.98. The van der Waals surface area contributed by atoms with E-state index in [0.717, 1.165) is 30.9 Å². The number of aliphatic imine (C=N–C) groups is 1. The number of piperidine rings is 1. The average Bonchev–Trinajstić information content (AvgIpc) is 3.14. The molecular formula is C20H35IN4S. The average molecular weight is 490 g/mol. The van der Waals surface area contributed by atoms with Crippen molar-refractivity contribution < 1.29 is 0 Å². The maximum absolute atomic E-state index is 4.44. The van der Waals surface area contributed by atoms with Gasteiger partial charge in [0.2, 0.25) is 0 Å². The van der Waals surface area contributed by atoms with Crippen LogP contribution in [-0.2, 0) is 6.54 Å². The van der Waals surface area contributed by atoms with Gasteiger partial charge in [0, 0.05) is 31.1 Å². The first-order valence-corrected chi connectivity index (χ1v) is 10.8. The van der Waals surface area contributed by atoms with Crippen molar-refractivity contribution in [1.29, 1.82) is 0 Å². The van der Waals surface area contributed by atoms with Gasteiger partial charge >= 0.3 is 0 Å². The number of nitrogens with zero attached hydrogens (tertiary/aromatic N) is 2. The zero-order valence-electron chi connectivity index (χ0n) is 16.2. The monoisotopic (exact) mass is 490 g/mol. The largest absolute Gasteiger partial charge is 0.356 e. The standard InChI is InChI=1S/C20H34N4S.HI/c1-16-5-7-18(8-6-16)23-20(21-2)22-14-17-9-11-24(12-10-17)15-19-4-3-13-25-19;/h3-4,13,16-18H,5-12,14-15H2,1-2H3,(H2,21,22,23);1H. The van der Waals surface area contributed by atoms with E-state index in [1.54, 1.807) is 0 Å². The van der Waals surface area contributed by atoms with E-state index in [9.17, 15) is 0 Å².